The average Bonchev–Trinajstić information content (AvgIpc) is 3.21. The highest BCUT2D eigenvalue weighted by molar-refractivity contribution is 6.13. The summed E-state index contributed by atoms with van der Waals surface area (Å²) in [6.07, 6.45) is 5.26. The Kier molecular flexibility index (Phi) is 4.58. The number of carbonyl (C=O) groups excluding carboxylic acids is 2. The minimum absolute atomic E-state index is 0.0642. The summed E-state index contributed by atoms with van der Waals surface area (Å²) in [6, 6.07) is 9.17. The number of benzene rings is 1. The second-order valence-electron chi connectivity index (χ2n) is 7.69. The first kappa shape index (κ1) is 18.5. The van der Waals surface area contributed by atoms with Gasteiger partial charge in [0, 0.05) is 35.5 Å². The van der Waals surface area contributed by atoms with Crippen LogP contribution in [0.25, 0.3) is 0 Å². The Morgan fingerprint density at radius 2 is 2.03 bits per heavy atom. The molecular formula is C23H21N3O4. The van der Waals surface area contributed by atoms with Gasteiger partial charge in [-0.15, -0.1) is 0 Å². The normalized spacial score (nSPS) is 22.4. The molecule has 152 valence electrons. The summed E-state index contributed by atoms with van der Waals surface area (Å²) in [6.45, 7) is 2.03. The molecule has 0 saturated heterocycles. The number of fused-ring (bicyclic) bond motifs is 1. The zero-order valence-electron chi connectivity index (χ0n) is 16.6. The predicted octanol–water partition coefficient (Wildman–Crippen LogP) is 3.63. The summed E-state index contributed by atoms with van der Waals surface area (Å²) >= 11 is 0. The minimum Gasteiger partial charge on any atom is -0.454 e. The van der Waals surface area contributed by atoms with Gasteiger partial charge in [-0.2, -0.15) is 0 Å². The van der Waals surface area contributed by atoms with Crippen LogP contribution in [0.4, 0.5) is 5.69 Å². The van der Waals surface area contributed by atoms with Crippen molar-refractivity contribution in [2.24, 2.45) is 10.9 Å². The van der Waals surface area contributed by atoms with Crippen LogP contribution in [0.3, 0.4) is 0 Å². The van der Waals surface area contributed by atoms with Gasteiger partial charge in [0.2, 0.25) is 12.7 Å². The molecule has 0 bridgehead atoms. The second kappa shape index (κ2) is 7.40. The topological polar surface area (TPSA) is 89.9 Å². The molecule has 0 fully saturated rings. The highest BCUT2D eigenvalue weighted by Crippen LogP contribution is 2.45. The fourth-order valence-electron chi connectivity index (χ4n) is 4.47. The van der Waals surface area contributed by atoms with E-state index in [1.807, 2.05) is 25.1 Å². The highest BCUT2D eigenvalue weighted by Gasteiger charge is 2.42. The molecule has 30 heavy (non-hydrogen) atoms. The lowest BCUT2D eigenvalue weighted by molar-refractivity contribution is -0.119. The summed E-state index contributed by atoms with van der Waals surface area (Å²) in [4.78, 5) is 35.1. The van der Waals surface area contributed by atoms with Crippen LogP contribution in [-0.2, 0) is 9.59 Å². The molecule has 3 aliphatic rings. The predicted molar refractivity (Wildman–Crippen MR) is 111 cm³/mol. The number of aliphatic imine (C=N–C) groups is 1. The number of rotatable bonds is 3. The number of nitrogens with one attached hydrogen (secondary N) is 1. The number of ether oxygens (including phenoxy) is 2. The van der Waals surface area contributed by atoms with Gasteiger partial charge < -0.3 is 14.8 Å². The molecule has 0 saturated carbocycles. The van der Waals surface area contributed by atoms with Crippen molar-refractivity contribution in [1.82, 2.24) is 4.98 Å². The van der Waals surface area contributed by atoms with Crippen molar-refractivity contribution in [1.29, 1.82) is 0 Å². The van der Waals surface area contributed by atoms with Crippen molar-refractivity contribution >= 4 is 23.1 Å². The van der Waals surface area contributed by atoms with Gasteiger partial charge in [-0.3, -0.25) is 19.6 Å². The van der Waals surface area contributed by atoms with E-state index in [-0.39, 0.29) is 18.5 Å². The second-order valence-corrected chi connectivity index (χ2v) is 7.69. The minimum atomic E-state index is -0.605. The Morgan fingerprint density at radius 1 is 1.17 bits per heavy atom. The van der Waals surface area contributed by atoms with E-state index in [2.05, 4.69) is 10.3 Å². The molecule has 7 heteroatoms. The van der Waals surface area contributed by atoms with Crippen LogP contribution in [0.2, 0.25) is 0 Å². The molecule has 5 rings (SSSR count). The van der Waals surface area contributed by atoms with E-state index in [0.29, 0.717) is 34.9 Å². The van der Waals surface area contributed by atoms with Crippen molar-refractivity contribution in [2.45, 2.75) is 32.1 Å². The molecule has 3 heterocycles. The SMILES string of the molecule is CC1=NC2=C(C(=O)CCC2)[C@@H](c2ccc3c(c2)OCO3)C1C(=O)Nc1cccnc1. The number of aromatic nitrogens is 1. The number of Topliss-reactive ketones (excluding diaryl/α,β-unsaturated/α-hetero) is 1. The summed E-state index contributed by atoms with van der Waals surface area (Å²) in [5.41, 5.74) is 3.61. The van der Waals surface area contributed by atoms with Crippen molar-refractivity contribution in [3.8, 4) is 11.5 Å². The van der Waals surface area contributed by atoms with Crippen molar-refractivity contribution < 1.29 is 19.1 Å². The van der Waals surface area contributed by atoms with Crippen molar-refractivity contribution in [3.63, 3.8) is 0 Å². The first-order chi connectivity index (χ1) is 14.6. The van der Waals surface area contributed by atoms with Gasteiger partial charge in [0.05, 0.1) is 17.8 Å². The van der Waals surface area contributed by atoms with E-state index in [1.165, 1.54) is 0 Å². The number of nitrogens with zero attached hydrogens (tertiary/aromatic N) is 2. The fraction of sp³-hybridized carbons (Fsp3) is 0.304. The Labute approximate surface area is 173 Å². The fourth-order valence-corrected chi connectivity index (χ4v) is 4.47. The Bertz CT molecular complexity index is 1090. The molecule has 1 amide bonds. The quantitative estimate of drug-likeness (QED) is 0.845. The van der Waals surface area contributed by atoms with Crippen LogP contribution in [0.1, 0.15) is 37.7 Å². The third-order valence-electron chi connectivity index (χ3n) is 5.80. The Balaban J connectivity index is 1.59. The number of pyridine rings is 1. The molecule has 1 aliphatic carbocycles. The van der Waals surface area contributed by atoms with Gasteiger partial charge >= 0.3 is 0 Å². The molecule has 1 unspecified atom stereocenters. The lowest BCUT2D eigenvalue weighted by atomic mass is 9.71. The molecule has 1 aromatic carbocycles. The van der Waals surface area contributed by atoms with Crippen molar-refractivity contribution in [2.75, 3.05) is 12.1 Å². The van der Waals surface area contributed by atoms with Gasteiger partial charge in [0.15, 0.2) is 17.3 Å². The maximum absolute atomic E-state index is 13.4. The van der Waals surface area contributed by atoms with Gasteiger partial charge in [0.25, 0.3) is 0 Å². The average molecular weight is 403 g/mol. The summed E-state index contributed by atoms with van der Waals surface area (Å²) in [7, 11) is 0. The molecule has 2 aromatic rings. The van der Waals surface area contributed by atoms with Crippen LogP contribution in [-0.4, -0.2) is 29.2 Å². The summed E-state index contributed by atoms with van der Waals surface area (Å²) < 4.78 is 11.0. The first-order valence-corrected chi connectivity index (χ1v) is 10.0. The molecule has 2 atom stereocenters. The first-order valence-electron chi connectivity index (χ1n) is 10.0. The zero-order chi connectivity index (χ0) is 20.7. The number of amides is 1. The van der Waals surface area contributed by atoms with Gasteiger partial charge in [-0.05, 0) is 49.6 Å². The Morgan fingerprint density at radius 3 is 2.87 bits per heavy atom. The lowest BCUT2D eigenvalue weighted by Gasteiger charge is -2.35. The molecule has 0 radical (unpaired) electrons. The van der Waals surface area contributed by atoms with E-state index in [9.17, 15) is 9.59 Å². The molecule has 1 N–H and O–H groups in total. The van der Waals surface area contributed by atoms with E-state index >= 15 is 0 Å². The number of hydrogen-bond acceptors (Lipinski definition) is 6. The van der Waals surface area contributed by atoms with Crippen LogP contribution in [0, 0.1) is 5.92 Å². The number of carbonyl (C=O) groups is 2. The maximum Gasteiger partial charge on any atom is 0.234 e. The van der Waals surface area contributed by atoms with E-state index in [1.54, 1.807) is 24.5 Å². The third-order valence-corrected chi connectivity index (χ3v) is 5.80. The third kappa shape index (κ3) is 3.16. The molecule has 1 aromatic heterocycles. The van der Waals surface area contributed by atoms with E-state index < -0.39 is 11.8 Å². The highest BCUT2D eigenvalue weighted by atomic mass is 16.7. The lowest BCUT2D eigenvalue weighted by Crippen LogP contribution is -2.39. The van der Waals surface area contributed by atoms with Crippen LogP contribution in [0.15, 0.2) is 59.0 Å². The maximum atomic E-state index is 13.4. The number of allylic oxidation sites excluding steroid dienone is 2. The smallest absolute Gasteiger partial charge is 0.234 e. The monoisotopic (exact) mass is 403 g/mol. The van der Waals surface area contributed by atoms with Crippen molar-refractivity contribution in [3.05, 3.63) is 59.6 Å². The van der Waals surface area contributed by atoms with Crippen LogP contribution < -0.4 is 14.8 Å². The molecule has 7 nitrogen and oxygen atoms in total. The summed E-state index contributed by atoms with van der Waals surface area (Å²) in [5.74, 6) is 0.124. The van der Waals surface area contributed by atoms with Gasteiger partial charge in [-0.25, -0.2) is 0 Å². The van der Waals surface area contributed by atoms with E-state index in [4.69, 9.17) is 14.5 Å². The standard InChI is InChI=1S/C23H21N3O4/c1-13-20(23(28)26-15-4-3-9-24-11-15)21(22-16(25-13)5-2-6-17(22)27)14-7-8-18-19(10-14)30-12-29-18/h3-4,7-11,20-21H,2,5-6,12H2,1H3,(H,26,28)/t20?,21-/m0/s1. The molecule has 2 aliphatic heterocycles. The van der Waals surface area contributed by atoms with Gasteiger partial charge in [-0.1, -0.05) is 6.07 Å². The number of anilines is 1. The molecular weight excluding hydrogens is 382 g/mol. The molecule has 0 spiro atoms. The largest absolute Gasteiger partial charge is 0.454 e. The van der Waals surface area contributed by atoms with E-state index in [0.717, 1.165) is 24.1 Å². The van der Waals surface area contributed by atoms with Crippen LogP contribution >= 0.6 is 0 Å². The Hall–Kier alpha value is -3.48. The van der Waals surface area contributed by atoms with Crippen LogP contribution in [0.5, 0.6) is 11.5 Å². The zero-order valence-corrected chi connectivity index (χ0v) is 16.6. The number of hydrogen-bond donors (Lipinski definition) is 1. The number of ketones is 1. The van der Waals surface area contributed by atoms with Gasteiger partial charge in [0.1, 0.15) is 0 Å². The summed E-state index contributed by atoms with van der Waals surface area (Å²) in [5, 5.41) is 2.93.